The smallest absolute Gasteiger partial charge is 0.344 e. The molecule has 0 saturated heterocycles. The molecule has 1 N–H and O–H groups in total. The zero-order chi connectivity index (χ0) is 14.5. The van der Waals surface area contributed by atoms with Crippen molar-refractivity contribution in [2.45, 2.75) is 13.5 Å². The molecule has 0 spiro atoms. The number of aromatic nitrogens is 1. The molecule has 20 heavy (non-hydrogen) atoms. The fourth-order valence-corrected chi connectivity index (χ4v) is 1.86. The highest BCUT2D eigenvalue weighted by molar-refractivity contribution is 5.94. The topological polar surface area (TPSA) is 59.6 Å². The van der Waals surface area contributed by atoms with Crippen LogP contribution in [-0.2, 0) is 6.61 Å². The molecule has 1 aromatic carbocycles. The third-order valence-corrected chi connectivity index (χ3v) is 2.81. The Morgan fingerprint density at radius 2 is 1.95 bits per heavy atom. The monoisotopic (exact) mass is 274 g/mol. The van der Waals surface area contributed by atoms with Crippen LogP contribution in [0.3, 0.4) is 0 Å². The van der Waals surface area contributed by atoms with Gasteiger partial charge in [-0.05, 0) is 5.56 Å². The molecule has 0 fully saturated rings. The SMILES string of the molecule is COc1cc[n+](O)c(C(C)=O)c1OCc1ccccc1. The van der Waals surface area contributed by atoms with E-state index in [2.05, 4.69) is 0 Å². The molecule has 0 unspecified atom stereocenters. The van der Waals surface area contributed by atoms with Crippen molar-refractivity contribution in [3.63, 3.8) is 0 Å². The minimum absolute atomic E-state index is 0.0558. The zero-order valence-electron chi connectivity index (χ0n) is 11.4. The summed E-state index contributed by atoms with van der Waals surface area (Å²) >= 11 is 0. The van der Waals surface area contributed by atoms with E-state index in [4.69, 9.17) is 9.47 Å². The average Bonchev–Trinajstić information content (AvgIpc) is 2.45. The van der Waals surface area contributed by atoms with Crippen molar-refractivity contribution in [1.82, 2.24) is 0 Å². The van der Waals surface area contributed by atoms with Crippen molar-refractivity contribution in [1.29, 1.82) is 0 Å². The Kier molecular flexibility index (Phi) is 4.20. The third-order valence-electron chi connectivity index (χ3n) is 2.81. The molecule has 1 heterocycles. The molecule has 5 heteroatoms. The number of pyridine rings is 1. The van der Waals surface area contributed by atoms with Gasteiger partial charge in [0.25, 0.3) is 0 Å². The third kappa shape index (κ3) is 2.88. The van der Waals surface area contributed by atoms with Crippen LogP contribution in [0.2, 0.25) is 0 Å². The molecule has 5 nitrogen and oxygen atoms in total. The number of ketones is 1. The molecule has 0 aliphatic heterocycles. The van der Waals surface area contributed by atoms with Crippen LogP contribution in [0.5, 0.6) is 11.5 Å². The van der Waals surface area contributed by atoms with E-state index in [1.165, 1.54) is 26.3 Å². The summed E-state index contributed by atoms with van der Waals surface area (Å²) in [6.45, 7) is 1.64. The van der Waals surface area contributed by atoms with Gasteiger partial charge in [-0.25, -0.2) is 0 Å². The van der Waals surface area contributed by atoms with E-state index in [1.807, 2.05) is 30.3 Å². The lowest BCUT2D eigenvalue weighted by atomic mass is 10.2. The molecule has 2 rings (SSSR count). The Labute approximate surface area is 117 Å². The van der Waals surface area contributed by atoms with Gasteiger partial charge in [0.15, 0.2) is 5.75 Å². The lowest BCUT2D eigenvalue weighted by Gasteiger charge is -2.10. The first-order valence-electron chi connectivity index (χ1n) is 6.13. The summed E-state index contributed by atoms with van der Waals surface area (Å²) in [5.74, 6) is 0.319. The van der Waals surface area contributed by atoms with Crippen molar-refractivity contribution in [2.75, 3.05) is 7.11 Å². The predicted molar refractivity (Wildman–Crippen MR) is 71.2 cm³/mol. The molecule has 1 aromatic heterocycles. The molecule has 0 radical (unpaired) electrons. The highest BCUT2D eigenvalue weighted by Crippen LogP contribution is 2.29. The predicted octanol–water partition coefficient (Wildman–Crippen LogP) is 2.00. The first-order chi connectivity index (χ1) is 9.63. The summed E-state index contributed by atoms with van der Waals surface area (Å²) in [5.41, 5.74) is 1.01. The van der Waals surface area contributed by atoms with Gasteiger partial charge < -0.3 is 9.47 Å². The maximum absolute atomic E-state index is 11.7. The minimum Gasteiger partial charge on any atom is -0.492 e. The molecule has 0 atom stereocenters. The van der Waals surface area contributed by atoms with Crippen molar-refractivity contribution < 1.29 is 24.2 Å². The molecule has 0 saturated carbocycles. The van der Waals surface area contributed by atoms with Crippen LogP contribution < -0.4 is 14.2 Å². The number of rotatable bonds is 5. The number of carbonyl (C=O) groups excluding carboxylic acids is 1. The van der Waals surface area contributed by atoms with Gasteiger partial charge in [-0.15, -0.1) is 0 Å². The van der Waals surface area contributed by atoms with E-state index in [1.54, 1.807) is 0 Å². The summed E-state index contributed by atoms with van der Waals surface area (Å²) in [4.78, 5) is 11.7. The van der Waals surface area contributed by atoms with E-state index in [0.717, 1.165) is 10.3 Å². The minimum atomic E-state index is -0.311. The Bertz CT molecular complexity index is 611. The molecule has 2 aromatic rings. The average molecular weight is 274 g/mol. The maximum atomic E-state index is 11.7. The van der Waals surface area contributed by atoms with Crippen LogP contribution in [0.15, 0.2) is 42.6 Å². The fourth-order valence-electron chi connectivity index (χ4n) is 1.86. The van der Waals surface area contributed by atoms with Gasteiger partial charge in [-0.1, -0.05) is 30.3 Å². The number of hydrogen-bond donors (Lipinski definition) is 1. The summed E-state index contributed by atoms with van der Waals surface area (Å²) in [5, 5.41) is 9.74. The Hall–Kier alpha value is -2.56. The summed E-state index contributed by atoms with van der Waals surface area (Å²) in [6.07, 6.45) is 1.34. The molecule has 0 aliphatic carbocycles. The van der Waals surface area contributed by atoms with Crippen LogP contribution in [0.25, 0.3) is 0 Å². The van der Waals surface area contributed by atoms with Gasteiger partial charge in [-0.2, -0.15) is 0 Å². The first-order valence-corrected chi connectivity index (χ1v) is 6.13. The van der Waals surface area contributed by atoms with E-state index in [0.29, 0.717) is 5.75 Å². The largest absolute Gasteiger partial charge is 0.492 e. The van der Waals surface area contributed by atoms with E-state index < -0.39 is 0 Å². The van der Waals surface area contributed by atoms with Gasteiger partial charge in [0.1, 0.15) is 6.61 Å². The van der Waals surface area contributed by atoms with Crippen LogP contribution >= 0.6 is 0 Å². The quantitative estimate of drug-likeness (QED) is 0.514. The number of ether oxygens (including phenoxy) is 2. The van der Waals surface area contributed by atoms with E-state index in [-0.39, 0.29) is 23.8 Å². The molecule has 104 valence electrons. The second-order valence-corrected chi connectivity index (χ2v) is 4.24. The van der Waals surface area contributed by atoms with Crippen LogP contribution in [0, 0.1) is 0 Å². The number of hydrogen-bond acceptors (Lipinski definition) is 4. The lowest BCUT2D eigenvalue weighted by Crippen LogP contribution is -2.37. The van der Waals surface area contributed by atoms with Crippen molar-refractivity contribution in [3.05, 3.63) is 53.9 Å². The number of nitrogens with zero attached hydrogens (tertiary/aromatic N) is 1. The molecular formula is C15H16NO4+. The van der Waals surface area contributed by atoms with Gasteiger partial charge in [0.05, 0.1) is 13.2 Å². The van der Waals surface area contributed by atoms with Crippen molar-refractivity contribution in [3.8, 4) is 11.5 Å². The number of carbonyl (C=O) groups is 1. The van der Waals surface area contributed by atoms with Crippen LogP contribution in [0.1, 0.15) is 23.0 Å². The molecule has 0 bridgehead atoms. The Morgan fingerprint density at radius 3 is 2.55 bits per heavy atom. The maximum Gasteiger partial charge on any atom is 0.344 e. The Balaban J connectivity index is 2.34. The zero-order valence-corrected chi connectivity index (χ0v) is 11.4. The van der Waals surface area contributed by atoms with E-state index in [9.17, 15) is 10.0 Å². The molecule has 0 aliphatic rings. The van der Waals surface area contributed by atoms with Crippen LogP contribution in [0.4, 0.5) is 0 Å². The van der Waals surface area contributed by atoms with Crippen LogP contribution in [-0.4, -0.2) is 18.1 Å². The van der Waals surface area contributed by atoms with Crippen molar-refractivity contribution in [2.24, 2.45) is 0 Å². The first kappa shape index (κ1) is 13.9. The van der Waals surface area contributed by atoms with Gasteiger partial charge >= 0.3 is 5.69 Å². The summed E-state index contributed by atoms with van der Waals surface area (Å²) in [6, 6.07) is 11.1. The highest BCUT2D eigenvalue weighted by atomic mass is 16.5. The second kappa shape index (κ2) is 6.06. The number of benzene rings is 1. The summed E-state index contributed by atoms with van der Waals surface area (Å²) < 4.78 is 11.6. The number of Topliss-reactive ketones (excluding diaryl/α,β-unsaturated/α-hetero) is 1. The van der Waals surface area contributed by atoms with Gasteiger partial charge in [0.2, 0.25) is 17.7 Å². The normalized spacial score (nSPS) is 10.1. The Morgan fingerprint density at radius 1 is 1.25 bits per heavy atom. The molecule has 0 amide bonds. The van der Waals surface area contributed by atoms with Crippen molar-refractivity contribution >= 4 is 5.78 Å². The van der Waals surface area contributed by atoms with E-state index >= 15 is 0 Å². The molecular weight excluding hydrogens is 258 g/mol. The van der Waals surface area contributed by atoms with Gasteiger partial charge in [-0.3, -0.25) is 10.0 Å². The highest BCUT2D eigenvalue weighted by Gasteiger charge is 2.27. The number of methoxy groups -OCH3 is 1. The summed E-state index contributed by atoms with van der Waals surface area (Å²) in [7, 11) is 1.48. The second-order valence-electron chi connectivity index (χ2n) is 4.24. The standard InChI is InChI=1S/C15H16NO4/c1-11(17)14-15(13(19-2)8-9-16(14)18)20-10-12-6-4-3-5-7-12/h3-9,18H,10H2,1-2H3/q+1. The fraction of sp³-hybridized carbons (Fsp3) is 0.200. The lowest BCUT2D eigenvalue weighted by molar-refractivity contribution is -0.905. The van der Waals surface area contributed by atoms with Gasteiger partial charge in [0, 0.05) is 11.7 Å².